The molecular weight excluding hydrogens is 229 g/mol. The molecule has 0 atom stereocenters. The van der Waals surface area contributed by atoms with E-state index < -0.39 is 35.4 Å². The Bertz CT molecular complexity index is 347. The minimum atomic E-state index is -2.62. The van der Waals surface area contributed by atoms with Gasteiger partial charge in [-0.25, -0.2) is 13.2 Å². The Kier molecular flexibility index (Phi) is 3.50. The van der Waals surface area contributed by atoms with Crippen LogP contribution in [0.5, 0.6) is 0 Å². The molecule has 0 fully saturated rings. The lowest BCUT2D eigenvalue weighted by atomic mass is 10.1. The molecule has 0 heterocycles. The van der Waals surface area contributed by atoms with Gasteiger partial charge in [0.15, 0.2) is 10.5 Å². The summed E-state index contributed by atoms with van der Waals surface area (Å²) in [6, 6.07) is 0.920. The van der Waals surface area contributed by atoms with Crippen LogP contribution < -0.4 is 0 Å². The van der Waals surface area contributed by atoms with Crippen molar-refractivity contribution in [3.8, 4) is 0 Å². The first-order valence-electron chi connectivity index (χ1n) is 3.99. The third kappa shape index (κ3) is 3.03. The fourth-order valence-corrected chi connectivity index (χ4v) is 1.19. The van der Waals surface area contributed by atoms with E-state index in [1.54, 1.807) is 0 Å². The van der Waals surface area contributed by atoms with Gasteiger partial charge in [-0.3, -0.25) is 0 Å². The molecule has 0 radical (unpaired) electrons. The van der Waals surface area contributed by atoms with Gasteiger partial charge in [0.2, 0.25) is 0 Å². The van der Waals surface area contributed by atoms with Crippen molar-refractivity contribution in [2.75, 3.05) is 0 Å². The van der Waals surface area contributed by atoms with Crippen LogP contribution in [0.25, 0.3) is 0 Å². The van der Waals surface area contributed by atoms with Crippen molar-refractivity contribution in [1.29, 1.82) is 0 Å². The van der Waals surface area contributed by atoms with Gasteiger partial charge in [-0.2, -0.15) is 0 Å². The predicted octanol–water partition coefficient (Wildman–Crippen LogP) is -0.418. The van der Waals surface area contributed by atoms with Gasteiger partial charge < -0.3 is 14.6 Å². The molecule has 0 aromatic heterocycles. The van der Waals surface area contributed by atoms with Crippen LogP contribution in [0.15, 0.2) is 12.1 Å². The Labute approximate surface area is 86.7 Å². The molecule has 0 aliphatic heterocycles. The summed E-state index contributed by atoms with van der Waals surface area (Å²) in [4.78, 5) is 0. The van der Waals surface area contributed by atoms with Crippen molar-refractivity contribution in [3.05, 3.63) is 35.1 Å². The molecule has 3 nitrogen and oxygen atoms in total. The van der Waals surface area contributed by atoms with Crippen LogP contribution in [0.3, 0.4) is 0 Å². The second-order valence-electron chi connectivity index (χ2n) is 2.97. The van der Waals surface area contributed by atoms with Gasteiger partial charge in [0.25, 0.3) is 5.97 Å². The topological polar surface area (TPSA) is 49.7 Å². The fourth-order valence-electron chi connectivity index (χ4n) is 1.04. The van der Waals surface area contributed by atoms with Gasteiger partial charge in [-0.05, 0) is 0 Å². The third-order valence-corrected chi connectivity index (χ3v) is 2.49. The first-order chi connectivity index (χ1) is 6.85. The maximum atomic E-state index is 13.0. The summed E-state index contributed by atoms with van der Waals surface area (Å²) in [6.45, 7) is 0. The molecule has 0 bridgehead atoms. The Hall–Kier alpha value is -0.893. The van der Waals surface area contributed by atoms with Crippen LogP contribution in [0.1, 0.15) is 5.56 Å². The predicted molar refractivity (Wildman–Crippen MR) is 48.2 cm³/mol. The first kappa shape index (κ1) is 12.2. The smallest absolute Gasteiger partial charge is 0.271 e. The van der Waals surface area contributed by atoms with Crippen molar-refractivity contribution in [2.24, 2.45) is 0 Å². The number of hydrogen-bond donors (Lipinski definition) is 2. The van der Waals surface area contributed by atoms with E-state index in [4.69, 9.17) is 10.2 Å². The zero-order chi connectivity index (χ0) is 11.6. The highest BCUT2D eigenvalue weighted by molar-refractivity contribution is 5.98. The van der Waals surface area contributed by atoms with Gasteiger partial charge >= 0.3 is 0 Å². The summed E-state index contributed by atoms with van der Waals surface area (Å²) in [5.74, 6) is -6.05. The van der Waals surface area contributed by atoms with Crippen LogP contribution in [0.2, 0.25) is 0 Å². The summed E-state index contributed by atoms with van der Waals surface area (Å²) in [5, 5.41) is 18.1. The van der Waals surface area contributed by atoms with Gasteiger partial charge in [0.05, 0.1) is 6.42 Å². The van der Waals surface area contributed by atoms with Crippen LogP contribution in [-0.4, -0.2) is 26.7 Å². The van der Waals surface area contributed by atoms with E-state index in [0.717, 1.165) is 0 Å². The van der Waals surface area contributed by atoms with E-state index in [1.165, 1.54) is 0 Å². The highest BCUT2D eigenvalue weighted by atomic mass is 28.2. The third-order valence-electron chi connectivity index (χ3n) is 1.84. The molecule has 0 saturated carbocycles. The Morgan fingerprint density at radius 2 is 1.67 bits per heavy atom. The molecule has 1 rings (SSSR count). The van der Waals surface area contributed by atoms with Crippen molar-refractivity contribution < 1.29 is 27.8 Å². The quantitative estimate of drug-likeness (QED) is 0.555. The van der Waals surface area contributed by atoms with Gasteiger partial charge in [0, 0.05) is 17.7 Å². The molecule has 0 unspecified atom stereocenters. The zero-order valence-electron chi connectivity index (χ0n) is 7.80. The van der Waals surface area contributed by atoms with Crippen LogP contribution in [0, 0.1) is 17.5 Å². The van der Waals surface area contributed by atoms with Crippen molar-refractivity contribution in [1.82, 2.24) is 0 Å². The minimum absolute atomic E-state index is 0.0166. The number of hydrogen-bond acceptors (Lipinski definition) is 3. The lowest BCUT2D eigenvalue weighted by Gasteiger charge is -2.20. The van der Waals surface area contributed by atoms with Crippen molar-refractivity contribution in [3.63, 3.8) is 0 Å². The summed E-state index contributed by atoms with van der Waals surface area (Å²) in [5.41, 5.74) is -0.628. The van der Waals surface area contributed by atoms with Gasteiger partial charge in [-0.15, -0.1) is 0 Å². The van der Waals surface area contributed by atoms with Crippen LogP contribution in [-0.2, 0) is 10.8 Å². The normalized spacial score (nSPS) is 12.1. The molecule has 0 amide bonds. The molecule has 0 spiro atoms. The molecule has 0 aliphatic rings. The Balaban J connectivity index is 3.05. The van der Waals surface area contributed by atoms with E-state index >= 15 is 0 Å². The van der Waals surface area contributed by atoms with E-state index in [2.05, 4.69) is 4.43 Å². The molecule has 2 N–H and O–H groups in total. The SMILES string of the molecule is OC(O)(Cc1c(F)cc(F)cc1F)O[SiH3]. The summed E-state index contributed by atoms with van der Waals surface area (Å²) >= 11 is 0. The highest BCUT2D eigenvalue weighted by Gasteiger charge is 2.26. The molecule has 0 aliphatic carbocycles. The summed E-state index contributed by atoms with van der Waals surface area (Å²) < 4.78 is 42.9. The standard InChI is InChI=1S/C8H9F3O3Si/c9-4-1-6(10)5(7(11)2-4)3-8(12,13)14-15/h1-2,12-13H,3H2,15H3. The zero-order valence-corrected chi connectivity index (χ0v) is 9.80. The number of rotatable bonds is 3. The molecule has 0 saturated heterocycles. The van der Waals surface area contributed by atoms with Crippen LogP contribution in [0.4, 0.5) is 13.2 Å². The second-order valence-corrected chi connectivity index (χ2v) is 3.38. The number of benzene rings is 1. The number of halogens is 3. The van der Waals surface area contributed by atoms with Gasteiger partial charge in [0.1, 0.15) is 17.5 Å². The number of aliphatic hydroxyl groups is 2. The average molecular weight is 238 g/mol. The second kappa shape index (κ2) is 4.31. The maximum absolute atomic E-state index is 13.0. The van der Waals surface area contributed by atoms with E-state index in [-0.39, 0.29) is 10.5 Å². The van der Waals surface area contributed by atoms with Crippen LogP contribution >= 0.6 is 0 Å². The molecule has 84 valence electrons. The fraction of sp³-hybridized carbons (Fsp3) is 0.250. The largest absolute Gasteiger partial charge is 0.380 e. The van der Waals surface area contributed by atoms with Crippen molar-refractivity contribution in [2.45, 2.75) is 12.4 Å². The summed E-state index contributed by atoms with van der Waals surface area (Å²) in [7, 11) is -0.0166. The lowest BCUT2D eigenvalue weighted by Crippen LogP contribution is -2.34. The van der Waals surface area contributed by atoms with Gasteiger partial charge in [-0.1, -0.05) is 0 Å². The lowest BCUT2D eigenvalue weighted by molar-refractivity contribution is -0.290. The molecule has 7 heteroatoms. The highest BCUT2D eigenvalue weighted by Crippen LogP contribution is 2.19. The monoisotopic (exact) mass is 238 g/mol. The maximum Gasteiger partial charge on any atom is 0.271 e. The van der Waals surface area contributed by atoms with E-state index in [0.29, 0.717) is 12.1 Å². The molecule has 1 aromatic rings. The average Bonchev–Trinajstić information content (AvgIpc) is 2.11. The Morgan fingerprint density at radius 3 is 2.07 bits per heavy atom. The molecule has 15 heavy (non-hydrogen) atoms. The Morgan fingerprint density at radius 1 is 1.20 bits per heavy atom. The summed E-state index contributed by atoms with van der Waals surface area (Å²) in [6.07, 6.45) is -0.797. The minimum Gasteiger partial charge on any atom is -0.380 e. The van der Waals surface area contributed by atoms with E-state index in [9.17, 15) is 13.2 Å². The first-order valence-corrected chi connectivity index (χ1v) is 4.80. The molecule has 1 aromatic carbocycles. The van der Waals surface area contributed by atoms with E-state index in [1.807, 2.05) is 0 Å². The van der Waals surface area contributed by atoms with Crippen molar-refractivity contribution >= 4 is 10.5 Å². The molecular formula is C8H9F3O3Si.